The molecule has 1 heterocycles. The highest BCUT2D eigenvalue weighted by atomic mass is 16.5. The summed E-state index contributed by atoms with van der Waals surface area (Å²) in [7, 11) is 4.63. The van der Waals surface area contributed by atoms with Crippen molar-refractivity contribution in [3.05, 3.63) is 42.0 Å². The lowest BCUT2D eigenvalue weighted by atomic mass is 10.0. The summed E-state index contributed by atoms with van der Waals surface area (Å²) in [5.41, 5.74) is 3.09. The van der Waals surface area contributed by atoms with Crippen LogP contribution < -0.4 is 14.2 Å². The van der Waals surface area contributed by atoms with Gasteiger partial charge in [-0.1, -0.05) is 18.2 Å². The molecule has 130 valence electrons. The lowest BCUT2D eigenvalue weighted by molar-refractivity contribution is -0.136. The highest BCUT2D eigenvalue weighted by Gasteiger charge is 2.20. The Morgan fingerprint density at radius 2 is 1.68 bits per heavy atom. The maximum atomic E-state index is 11.4. The van der Waals surface area contributed by atoms with Crippen molar-refractivity contribution < 1.29 is 24.1 Å². The van der Waals surface area contributed by atoms with Gasteiger partial charge in [-0.2, -0.15) is 0 Å². The standard InChI is InChI=1S/C19H19NO5/c1-23-15-8-11(9-16(24-2)19(15)25-3)18-13(10-17(21)22)12-6-4-5-7-14(12)20-18/h4-9,20H,10H2,1-3H3,(H,21,22). The molecular formula is C19H19NO5. The van der Waals surface area contributed by atoms with Gasteiger partial charge in [-0.25, -0.2) is 0 Å². The van der Waals surface area contributed by atoms with Crippen LogP contribution in [-0.4, -0.2) is 37.4 Å². The molecule has 3 rings (SSSR count). The second-order valence-corrected chi connectivity index (χ2v) is 5.51. The Hall–Kier alpha value is -3.15. The zero-order chi connectivity index (χ0) is 18.0. The number of aromatic nitrogens is 1. The third-order valence-electron chi connectivity index (χ3n) is 4.10. The van der Waals surface area contributed by atoms with E-state index in [1.165, 1.54) is 0 Å². The lowest BCUT2D eigenvalue weighted by Gasteiger charge is -2.14. The normalized spacial score (nSPS) is 10.7. The highest BCUT2D eigenvalue weighted by molar-refractivity contribution is 5.94. The van der Waals surface area contributed by atoms with Crippen LogP contribution in [0.5, 0.6) is 17.2 Å². The highest BCUT2D eigenvalue weighted by Crippen LogP contribution is 2.42. The fraction of sp³-hybridized carbons (Fsp3) is 0.211. The molecule has 0 unspecified atom stereocenters. The second-order valence-electron chi connectivity index (χ2n) is 5.51. The Labute approximate surface area is 145 Å². The van der Waals surface area contributed by atoms with Crippen molar-refractivity contribution in [3.63, 3.8) is 0 Å². The van der Waals surface area contributed by atoms with E-state index in [1.807, 2.05) is 24.3 Å². The molecule has 0 saturated carbocycles. The van der Waals surface area contributed by atoms with Gasteiger partial charge in [0.2, 0.25) is 5.75 Å². The molecule has 6 heteroatoms. The van der Waals surface area contributed by atoms with Crippen LogP contribution in [0.25, 0.3) is 22.2 Å². The van der Waals surface area contributed by atoms with E-state index >= 15 is 0 Å². The fourth-order valence-electron chi connectivity index (χ4n) is 3.01. The van der Waals surface area contributed by atoms with Crippen molar-refractivity contribution in [2.24, 2.45) is 0 Å². The Kier molecular flexibility index (Phi) is 4.52. The number of benzene rings is 2. The number of carboxylic acid groups (broad SMARTS) is 1. The Morgan fingerprint density at radius 3 is 2.24 bits per heavy atom. The van der Waals surface area contributed by atoms with E-state index < -0.39 is 5.97 Å². The van der Waals surface area contributed by atoms with Crippen LogP contribution in [0.15, 0.2) is 36.4 Å². The molecule has 3 aromatic rings. The van der Waals surface area contributed by atoms with E-state index in [0.29, 0.717) is 17.2 Å². The van der Waals surface area contributed by atoms with E-state index in [1.54, 1.807) is 33.5 Å². The molecule has 0 bridgehead atoms. The Morgan fingerprint density at radius 1 is 1.04 bits per heavy atom. The van der Waals surface area contributed by atoms with Crippen LogP contribution in [0.3, 0.4) is 0 Å². The lowest BCUT2D eigenvalue weighted by Crippen LogP contribution is -2.01. The fourth-order valence-corrected chi connectivity index (χ4v) is 3.01. The quantitative estimate of drug-likeness (QED) is 0.717. The third-order valence-corrected chi connectivity index (χ3v) is 4.10. The molecule has 0 radical (unpaired) electrons. The SMILES string of the molecule is COc1cc(-c2[nH]c3ccccc3c2CC(=O)O)cc(OC)c1OC. The summed E-state index contributed by atoms with van der Waals surface area (Å²) in [5.74, 6) is 0.622. The van der Waals surface area contributed by atoms with Crippen molar-refractivity contribution in [1.82, 2.24) is 4.98 Å². The van der Waals surface area contributed by atoms with Gasteiger partial charge >= 0.3 is 5.97 Å². The molecule has 0 aliphatic heterocycles. The van der Waals surface area contributed by atoms with Crippen molar-refractivity contribution in [1.29, 1.82) is 0 Å². The summed E-state index contributed by atoms with van der Waals surface area (Å²) in [5, 5.41) is 10.2. The Balaban J connectivity index is 2.27. The molecule has 2 N–H and O–H groups in total. The van der Waals surface area contributed by atoms with E-state index in [2.05, 4.69) is 4.98 Å². The molecule has 0 spiro atoms. The van der Waals surface area contributed by atoms with Gasteiger partial charge in [0.15, 0.2) is 11.5 Å². The van der Waals surface area contributed by atoms with Crippen LogP contribution >= 0.6 is 0 Å². The largest absolute Gasteiger partial charge is 0.493 e. The van der Waals surface area contributed by atoms with Gasteiger partial charge in [-0.15, -0.1) is 0 Å². The average molecular weight is 341 g/mol. The molecule has 2 aromatic carbocycles. The molecule has 0 aliphatic rings. The maximum Gasteiger partial charge on any atom is 0.307 e. The molecule has 0 atom stereocenters. The summed E-state index contributed by atoms with van der Waals surface area (Å²) in [6.45, 7) is 0. The number of carboxylic acids is 1. The first kappa shape index (κ1) is 16.7. The molecule has 6 nitrogen and oxygen atoms in total. The molecular weight excluding hydrogens is 322 g/mol. The number of rotatable bonds is 6. The van der Waals surface area contributed by atoms with Crippen molar-refractivity contribution in [3.8, 4) is 28.5 Å². The summed E-state index contributed by atoms with van der Waals surface area (Å²) >= 11 is 0. The van der Waals surface area contributed by atoms with Gasteiger partial charge in [-0.3, -0.25) is 4.79 Å². The minimum Gasteiger partial charge on any atom is -0.493 e. The second kappa shape index (κ2) is 6.76. The number of aromatic amines is 1. The van der Waals surface area contributed by atoms with Crippen LogP contribution in [0.1, 0.15) is 5.56 Å². The van der Waals surface area contributed by atoms with Gasteiger partial charge in [0.1, 0.15) is 0 Å². The smallest absolute Gasteiger partial charge is 0.307 e. The molecule has 0 saturated heterocycles. The number of hydrogen-bond donors (Lipinski definition) is 2. The molecule has 0 amide bonds. The van der Waals surface area contributed by atoms with E-state index in [4.69, 9.17) is 14.2 Å². The summed E-state index contributed by atoms with van der Waals surface area (Å²) < 4.78 is 16.1. The first-order chi connectivity index (χ1) is 12.1. The number of fused-ring (bicyclic) bond motifs is 1. The minimum absolute atomic E-state index is 0.0873. The number of para-hydroxylation sites is 1. The van der Waals surface area contributed by atoms with Crippen molar-refractivity contribution in [2.75, 3.05) is 21.3 Å². The molecule has 0 fully saturated rings. The molecule has 0 aliphatic carbocycles. The maximum absolute atomic E-state index is 11.4. The molecule has 1 aromatic heterocycles. The predicted octanol–water partition coefficient (Wildman–Crippen LogP) is 3.49. The zero-order valence-corrected chi connectivity index (χ0v) is 14.3. The number of methoxy groups -OCH3 is 3. The van der Waals surface area contributed by atoms with Crippen molar-refractivity contribution in [2.45, 2.75) is 6.42 Å². The van der Waals surface area contributed by atoms with Crippen LogP contribution in [0.2, 0.25) is 0 Å². The number of nitrogens with one attached hydrogen (secondary N) is 1. The topological polar surface area (TPSA) is 80.8 Å². The first-order valence-electron chi connectivity index (χ1n) is 7.70. The summed E-state index contributed by atoms with van der Waals surface area (Å²) in [6.07, 6.45) is -0.0873. The van der Waals surface area contributed by atoms with Gasteiger partial charge in [0, 0.05) is 16.5 Å². The molecule has 25 heavy (non-hydrogen) atoms. The number of carbonyl (C=O) groups is 1. The minimum atomic E-state index is -0.890. The first-order valence-corrected chi connectivity index (χ1v) is 7.70. The van der Waals surface area contributed by atoms with Gasteiger partial charge < -0.3 is 24.3 Å². The van der Waals surface area contributed by atoms with E-state index in [0.717, 1.165) is 27.7 Å². The number of H-pyrrole nitrogens is 1. The van der Waals surface area contributed by atoms with Crippen LogP contribution in [0.4, 0.5) is 0 Å². The third kappa shape index (κ3) is 2.98. The average Bonchev–Trinajstić information content (AvgIpc) is 2.98. The summed E-state index contributed by atoms with van der Waals surface area (Å²) in [6, 6.07) is 11.2. The monoisotopic (exact) mass is 341 g/mol. The van der Waals surface area contributed by atoms with Crippen LogP contribution in [-0.2, 0) is 11.2 Å². The Bertz CT molecular complexity index is 904. The summed E-state index contributed by atoms with van der Waals surface area (Å²) in [4.78, 5) is 14.7. The van der Waals surface area contributed by atoms with E-state index in [-0.39, 0.29) is 6.42 Å². The van der Waals surface area contributed by atoms with Gasteiger partial charge in [0.05, 0.1) is 33.4 Å². The van der Waals surface area contributed by atoms with Crippen molar-refractivity contribution >= 4 is 16.9 Å². The number of ether oxygens (including phenoxy) is 3. The van der Waals surface area contributed by atoms with Gasteiger partial charge in [-0.05, 0) is 23.8 Å². The van der Waals surface area contributed by atoms with E-state index in [9.17, 15) is 9.90 Å². The number of aliphatic carboxylic acids is 1. The zero-order valence-electron chi connectivity index (χ0n) is 14.3. The van der Waals surface area contributed by atoms with Gasteiger partial charge in [0.25, 0.3) is 0 Å². The number of hydrogen-bond acceptors (Lipinski definition) is 4. The van der Waals surface area contributed by atoms with Crippen LogP contribution in [0, 0.1) is 0 Å². The predicted molar refractivity (Wildman–Crippen MR) is 94.7 cm³/mol.